The Hall–Kier alpha value is -1.65. The maximum absolute atomic E-state index is 12.2. The number of allylic oxidation sites excluding steroid dienone is 1. The summed E-state index contributed by atoms with van der Waals surface area (Å²) < 4.78 is 0. The van der Waals surface area contributed by atoms with Gasteiger partial charge in [0.2, 0.25) is 11.8 Å². The third-order valence-electron chi connectivity index (χ3n) is 3.29. The van der Waals surface area contributed by atoms with E-state index in [9.17, 15) is 14.4 Å². The van der Waals surface area contributed by atoms with Crippen LogP contribution in [0.15, 0.2) is 12.3 Å². The molecule has 0 spiro atoms. The number of hydrogen-bond donors (Lipinski definition) is 2. The Morgan fingerprint density at radius 3 is 2.58 bits per heavy atom. The number of amides is 2. The van der Waals surface area contributed by atoms with Crippen LogP contribution in [0.5, 0.6) is 0 Å². The van der Waals surface area contributed by atoms with Crippen LogP contribution in [0.4, 0.5) is 0 Å². The lowest BCUT2D eigenvalue weighted by Gasteiger charge is -2.26. The SMILES string of the molecule is C=C1CCC(CC(=O)[C@@H](NC(C)=O)C(C)C)C(=O)N1. The number of rotatable bonds is 5. The molecule has 2 N–H and O–H groups in total. The van der Waals surface area contributed by atoms with E-state index in [0.717, 1.165) is 0 Å². The molecule has 1 fully saturated rings. The van der Waals surface area contributed by atoms with Crippen molar-refractivity contribution in [2.45, 2.75) is 46.1 Å². The molecule has 106 valence electrons. The van der Waals surface area contributed by atoms with E-state index in [1.54, 1.807) is 0 Å². The molecule has 0 aromatic heterocycles. The van der Waals surface area contributed by atoms with Crippen LogP contribution in [0.3, 0.4) is 0 Å². The Balaban J connectivity index is 2.63. The average molecular weight is 266 g/mol. The third-order valence-corrected chi connectivity index (χ3v) is 3.29. The minimum Gasteiger partial charge on any atom is -0.346 e. The molecule has 2 atom stereocenters. The molecule has 1 rings (SSSR count). The summed E-state index contributed by atoms with van der Waals surface area (Å²) >= 11 is 0. The highest BCUT2D eigenvalue weighted by molar-refractivity contribution is 5.92. The van der Waals surface area contributed by atoms with E-state index in [-0.39, 0.29) is 35.9 Å². The first-order chi connectivity index (χ1) is 8.81. The first kappa shape index (κ1) is 15.4. The van der Waals surface area contributed by atoms with Crippen LogP contribution in [0, 0.1) is 11.8 Å². The quantitative estimate of drug-likeness (QED) is 0.783. The summed E-state index contributed by atoms with van der Waals surface area (Å²) in [6.07, 6.45) is 1.51. The molecule has 0 aliphatic carbocycles. The van der Waals surface area contributed by atoms with E-state index < -0.39 is 6.04 Å². The van der Waals surface area contributed by atoms with Gasteiger partial charge in [-0.15, -0.1) is 0 Å². The first-order valence-electron chi connectivity index (χ1n) is 6.59. The fraction of sp³-hybridized carbons (Fsp3) is 0.643. The molecule has 5 nitrogen and oxygen atoms in total. The van der Waals surface area contributed by atoms with Gasteiger partial charge in [-0.2, -0.15) is 0 Å². The van der Waals surface area contributed by atoms with Gasteiger partial charge in [0, 0.05) is 25.0 Å². The molecule has 0 radical (unpaired) electrons. The molecule has 0 bridgehead atoms. The van der Waals surface area contributed by atoms with Gasteiger partial charge in [0.1, 0.15) is 0 Å². The van der Waals surface area contributed by atoms with Gasteiger partial charge >= 0.3 is 0 Å². The highest BCUT2D eigenvalue weighted by Gasteiger charge is 2.30. The molecule has 1 heterocycles. The van der Waals surface area contributed by atoms with Crippen molar-refractivity contribution in [1.82, 2.24) is 10.6 Å². The number of carbonyl (C=O) groups is 3. The van der Waals surface area contributed by atoms with Gasteiger partial charge in [-0.05, 0) is 18.8 Å². The largest absolute Gasteiger partial charge is 0.346 e. The van der Waals surface area contributed by atoms with Gasteiger partial charge < -0.3 is 10.6 Å². The van der Waals surface area contributed by atoms with Crippen molar-refractivity contribution in [3.63, 3.8) is 0 Å². The summed E-state index contributed by atoms with van der Waals surface area (Å²) in [4.78, 5) is 35.1. The lowest BCUT2D eigenvalue weighted by molar-refractivity contribution is -0.132. The Labute approximate surface area is 113 Å². The van der Waals surface area contributed by atoms with Crippen molar-refractivity contribution >= 4 is 17.6 Å². The van der Waals surface area contributed by atoms with E-state index in [1.165, 1.54) is 6.92 Å². The Bertz CT molecular complexity index is 401. The van der Waals surface area contributed by atoms with Crippen LogP contribution in [-0.2, 0) is 14.4 Å². The zero-order valence-electron chi connectivity index (χ0n) is 11.8. The van der Waals surface area contributed by atoms with Crippen LogP contribution >= 0.6 is 0 Å². The minimum atomic E-state index is -0.518. The monoisotopic (exact) mass is 266 g/mol. The zero-order chi connectivity index (χ0) is 14.6. The number of piperidine rings is 1. The molecule has 0 aromatic rings. The lowest BCUT2D eigenvalue weighted by atomic mass is 9.87. The molecule has 5 heteroatoms. The fourth-order valence-electron chi connectivity index (χ4n) is 2.22. The maximum Gasteiger partial charge on any atom is 0.227 e. The van der Waals surface area contributed by atoms with Gasteiger partial charge in [-0.1, -0.05) is 20.4 Å². The standard InChI is InChI=1S/C14H22N2O3/c1-8(2)13(16-10(4)17)12(18)7-11-6-5-9(3)15-14(11)19/h8,11,13H,3,5-7H2,1-2,4H3,(H,15,19)(H,16,17)/t11?,13-/m0/s1. The number of carbonyl (C=O) groups excluding carboxylic acids is 3. The first-order valence-corrected chi connectivity index (χ1v) is 6.59. The van der Waals surface area contributed by atoms with Crippen molar-refractivity contribution < 1.29 is 14.4 Å². The molecular weight excluding hydrogens is 244 g/mol. The van der Waals surface area contributed by atoms with Crippen LogP contribution in [0.2, 0.25) is 0 Å². The number of hydrogen-bond acceptors (Lipinski definition) is 3. The number of Topliss-reactive ketones (excluding diaryl/α,β-unsaturated/α-hetero) is 1. The Kier molecular flexibility index (Phi) is 5.27. The smallest absolute Gasteiger partial charge is 0.227 e. The number of nitrogens with one attached hydrogen (secondary N) is 2. The summed E-state index contributed by atoms with van der Waals surface area (Å²) in [5.74, 6) is -0.757. The summed E-state index contributed by atoms with van der Waals surface area (Å²) in [6.45, 7) is 8.85. The summed E-state index contributed by atoms with van der Waals surface area (Å²) in [6, 6.07) is -0.518. The van der Waals surface area contributed by atoms with Crippen molar-refractivity contribution in [3.05, 3.63) is 12.3 Å². The molecule has 1 aliphatic heterocycles. The zero-order valence-corrected chi connectivity index (χ0v) is 11.8. The second-order valence-electron chi connectivity index (χ2n) is 5.42. The van der Waals surface area contributed by atoms with E-state index in [2.05, 4.69) is 17.2 Å². The maximum atomic E-state index is 12.2. The van der Waals surface area contributed by atoms with Crippen molar-refractivity contribution in [3.8, 4) is 0 Å². The molecule has 1 unspecified atom stereocenters. The molecule has 1 aliphatic rings. The van der Waals surface area contributed by atoms with E-state index in [4.69, 9.17) is 0 Å². The Morgan fingerprint density at radius 2 is 2.11 bits per heavy atom. The fourth-order valence-corrected chi connectivity index (χ4v) is 2.22. The van der Waals surface area contributed by atoms with Gasteiger partial charge in [0.15, 0.2) is 5.78 Å². The lowest BCUT2D eigenvalue weighted by Crippen LogP contribution is -2.45. The van der Waals surface area contributed by atoms with Crippen molar-refractivity contribution in [2.24, 2.45) is 11.8 Å². The van der Waals surface area contributed by atoms with Crippen LogP contribution < -0.4 is 10.6 Å². The van der Waals surface area contributed by atoms with Crippen molar-refractivity contribution in [2.75, 3.05) is 0 Å². The van der Waals surface area contributed by atoms with Crippen LogP contribution in [0.25, 0.3) is 0 Å². The molecule has 1 saturated heterocycles. The average Bonchev–Trinajstić information content (AvgIpc) is 2.29. The van der Waals surface area contributed by atoms with E-state index in [0.29, 0.717) is 18.5 Å². The summed E-state index contributed by atoms with van der Waals surface area (Å²) in [5, 5.41) is 5.33. The molecular formula is C14H22N2O3. The number of ketones is 1. The predicted octanol–water partition coefficient (Wildman–Crippen LogP) is 1.15. The third kappa shape index (κ3) is 4.50. The summed E-state index contributed by atoms with van der Waals surface area (Å²) in [5.41, 5.74) is 0.705. The molecule has 0 aromatic carbocycles. The molecule has 0 saturated carbocycles. The second kappa shape index (κ2) is 6.50. The highest BCUT2D eigenvalue weighted by Crippen LogP contribution is 2.21. The minimum absolute atomic E-state index is 0.0121. The normalized spacial score (nSPS) is 20.9. The predicted molar refractivity (Wildman–Crippen MR) is 72.1 cm³/mol. The van der Waals surface area contributed by atoms with Crippen LogP contribution in [0.1, 0.15) is 40.0 Å². The highest BCUT2D eigenvalue weighted by atomic mass is 16.2. The van der Waals surface area contributed by atoms with E-state index in [1.807, 2.05) is 13.8 Å². The topological polar surface area (TPSA) is 75.3 Å². The summed E-state index contributed by atoms with van der Waals surface area (Å²) in [7, 11) is 0. The Morgan fingerprint density at radius 1 is 1.47 bits per heavy atom. The van der Waals surface area contributed by atoms with Crippen molar-refractivity contribution in [1.29, 1.82) is 0 Å². The van der Waals surface area contributed by atoms with Gasteiger partial charge in [-0.3, -0.25) is 14.4 Å². The second-order valence-corrected chi connectivity index (χ2v) is 5.42. The van der Waals surface area contributed by atoms with E-state index >= 15 is 0 Å². The van der Waals surface area contributed by atoms with Gasteiger partial charge in [0.25, 0.3) is 0 Å². The molecule has 2 amide bonds. The molecule has 19 heavy (non-hydrogen) atoms. The van der Waals surface area contributed by atoms with Gasteiger partial charge in [0.05, 0.1) is 6.04 Å². The van der Waals surface area contributed by atoms with Gasteiger partial charge in [-0.25, -0.2) is 0 Å². The van der Waals surface area contributed by atoms with Crippen LogP contribution in [-0.4, -0.2) is 23.6 Å².